The lowest BCUT2D eigenvalue weighted by molar-refractivity contribution is 0.588. The van der Waals surface area contributed by atoms with Crippen LogP contribution in [0.1, 0.15) is 0 Å². The van der Waals surface area contributed by atoms with E-state index in [2.05, 4.69) is 15.2 Å². The maximum Gasteiger partial charge on any atom is 0.242 e. The molecule has 0 saturated carbocycles. The SMILES string of the molecule is O=S(=O)(c1ccc(Cl)cn1)c1cc[nH]n1. The van der Waals surface area contributed by atoms with Crippen molar-refractivity contribution >= 4 is 21.4 Å². The molecule has 0 aliphatic rings. The van der Waals surface area contributed by atoms with Crippen molar-refractivity contribution in [1.82, 2.24) is 15.2 Å². The maximum absolute atomic E-state index is 11.8. The number of rotatable bonds is 2. The first kappa shape index (κ1) is 10.1. The number of H-pyrrole nitrogens is 1. The summed E-state index contributed by atoms with van der Waals surface area (Å²) in [5, 5.41) is 6.29. The van der Waals surface area contributed by atoms with E-state index in [4.69, 9.17) is 11.6 Å². The van der Waals surface area contributed by atoms with Gasteiger partial charge in [-0.2, -0.15) is 5.10 Å². The highest BCUT2D eigenvalue weighted by Gasteiger charge is 2.20. The largest absolute Gasteiger partial charge is 0.284 e. The van der Waals surface area contributed by atoms with Crippen molar-refractivity contribution in [2.75, 3.05) is 0 Å². The van der Waals surface area contributed by atoms with Crippen LogP contribution >= 0.6 is 11.6 Å². The van der Waals surface area contributed by atoms with Crippen LogP contribution in [0, 0.1) is 0 Å². The topological polar surface area (TPSA) is 75.7 Å². The molecule has 2 aromatic rings. The second kappa shape index (κ2) is 3.63. The smallest absolute Gasteiger partial charge is 0.242 e. The number of hydrogen-bond acceptors (Lipinski definition) is 4. The predicted molar refractivity (Wildman–Crippen MR) is 53.3 cm³/mol. The normalized spacial score (nSPS) is 11.5. The van der Waals surface area contributed by atoms with Crippen LogP contribution in [0.15, 0.2) is 40.6 Å². The van der Waals surface area contributed by atoms with E-state index in [1.807, 2.05) is 0 Å². The zero-order valence-electron chi connectivity index (χ0n) is 7.38. The van der Waals surface area contributed by atoms with E-state index in [9.17, 15) is 8.42 Å². The minimum Gasteiger partial charge on any atom is -0.284 e. The summed E-state index contributed by atoms with van der Waals surface area (Å²) in [6, 6.07) is 4.17. The summed E-state index contributed by atoms with van der Waals surface area (Å²) < 4.78 is 23.6. The van der Waals surface area contributed by atoms with E-state index < -0.39 is 9.84 Å². The second-order valence-electron chi connectivity index (χ2n) is 2.73. The Hall–Kier alpha value is -1.40. The fourth-order valence-electron chi connectivity index (χ4n) is 1.02. The van der Waals surface area contributed by atoms with Gasteiger partial charge in [-0.05, 0) is 18.2 Å². The van der Waals surface area contributed by atoms with Gasteiger partial charge < -0.3 is 0 Å². The summed E-state index contributed by atoms with van der Waals surface area (Å²) in [7, 11) is -3.62. The van der Waals surface area contributed by atoms with Crippen molar-refractivity contribution in [3.8, 4) is 0 Å². The fourth-order valence-corrected chi connectivity index (χ4v) is 2.21. The van der Waals surface area contributed by atoms with Crippen LogP contribution < -0.4 is 0 Å². The van der Waals surface area contributed by atoms with E-state index in [-0.39, 0.29) is 10.1 Å². The summed E-state index contributed by atoms with van der Waals surface area (Å²) >= 11 is 5.61. The Labute approximate surface area is 91.0 Å². The fraction of sp³-hybridized carbons (Fsp3) is 0. The first-order chi connectivity index (χ1) is 7.10. The number of nitrogens with zero attached hydrogens (tertiary/aromatic N) is 2. The van der Waals surface area contributed by atoms with Crippen molar-refractivity contribution < 1.29 is 8.42 Å². The average molecular weight is 244 g/mol. The molecule has 2 aromatic heterocycles. The highest BCUT2D eigenvalue weighted by Crippen LogP contribution is 2.17. The first-order valence-electron chi connectivity index (χ1n) is 3.97. The van der Waals surface area contributed by atoms with Crippen molar-refractivity contribution in [3.63, 3.8) is 0 Å². The number of aromatic nitrogens is 3. The minimum atomic E-state index is -3.62. The number of pyridine rings is 1. The lowest BCUT2D eigenvalue weighted by atomic mass is 10.5. The molecule has 7 heteroatoms. The molecule has 0 spiro atoms. The first-order valence-corrected chi connectivity index (χ1v) is 5.83. The monoisotopic (exact) mass is 243 g/mol. The Kier molecular flexibility index (Phi) is 2.45. The van der Waals surface area contributed by atoms with Crippen LogP contribution in [0.3, 0.4) is 0 Å². The Morgan fingerprint density at radius 3 is 2.53 bits per heavy atom. The number of halogens is 1. The van der Waals surface area contributed by atoms with Crippen LogP contribution in [0.4, 0.5) is 0 Å². The van der Waals surface area contributed by atoms with E-state index >= 15 is 0 Å². The van der Waals surface area contributed by atoms with Gasteiger partial charge in [-0.3, -0.25) is 5.10 Å². The van der Waals surface area contributed by atoms with Gasteiger partial charge in [0.25, 0.3) is 0 Å². The molecule has 2 heterocycles. The Morgan fingerprint density at radius 2 is 2.00 bits per heavy atom. The molecular weight excluding hydrogens is 238 g/mol. The van der Waals surface area contributed by atoms with Gasteiger partial charge >= 0.3 is 0 Å². The summed E-state index contributed by atoms with van der Waals surface area (Å²) in [6.07, 6.45) is 2.71. The van der Waals surface area contributed by atoms with Crippen molar-refractivity contribution in [1.29, 1.82) is 0 Å². The number of sulfone groups is 1. The van der Waals surface area contributed by atoms with Crippen molar-refractivity contribution in [3.05, 3.63) is 35.6 Å². The zero-order valence-corrected chi connectivity index (χ0v) is 8.96. The van der Waals surface area contributed by atoms with E-state index in [0.717, 1.165) is 0 Å². The van der Waals surface area contributed by atoms with Crippen molar-refractivity contribution in [2.24, 2.45) is 0 Å². The van der Waals surface area contributed by atoms with E-state index in [1.165, 1.54) is 30.6 Å². The van der Waals surface area contributed by atoms with Gasteiger partial charge in [0.15, 0.2) is 10.1 Å². The molecule has 15 heavy (non-hydrogen) atoms. The van der Waals surface area contributed by atoms with Gasteiger partial charge in [0, 0.05) is 12.4 Å². The third-order valence-electron chi connectivity index (χ3n) is 1.73. The third-order valence-corrected chi connectivity index (χ3v) is 3.52. The molecular formula is C8H6ClN3O2S. The Balaban J connectivity index is 2.52. The lowest BCUT2D eigenvalue weighted by Crippen LogP contribution is -2.04. The standard InChI is InChI=1S/C8H6ClN3O2S/c9-6-1-2-7(10-5-6)15(13,14)8-3-4-11-12-8/h1-5H,(H,11,12). The molecule has 0 fully saturated rings. The Bertz CT molecular complexity index is 548. The molecule has 0 unspecified atom stereocenters. The summed E-state index contributed by atoms with van der Waals surface area (Å²) in [6.45, 7) is 0. The number of nitrogens with one attached hydrogen (secondary N) is 1. The molecule has 0 aliphatic carbocycles. The van der Waals surface area contributed by atoms with Gasteiger partial charge in [-0.1, -0.05) is 11.6 Å². The van der Waals surface area contributed by atoms with Crippen molar-refractivity contribution in [2.45, 2.75) is 10.1 Å². The highest BCUT2D eigenvalue weighted by atomic mass is 35.5. The Morgan fingerprint density at radius 1 is 1.20 bits per heavy atom. The summed E-state index contributed by atoms with van der Waals surface area (Å²) in [5.41, 5.74) is 0. The molecule has 5 nitrogen and oxygen atoms in total. The molecule has 0 bridgehead atoms. The predicted octanol–water partition coefficient (Wildman–Crippen LogP) is 1.29. The van der Waals surface area contributed by atoms with Gasteiger partial charge in [-0.25, -0.2) is 13.4 Å². The van der Waals surface area contributed by atoms with E-state index in [1.54, 1.807) is 0 Å². The van der Waals surface area contributed by atoms with Gasteiger partial charge in [0.2, 0.25) is 9.84 Å². The zero-order chi connectivity index (χ0) is 10.9. The van der Waals surface area contributed by atoms with Crippen LogP contribution in [-0.4, -0.2) is 23.6 Å². The van der Waals surface area contributed by atoms with Crippen LogP contribution in [0.5, 0.6) is 0 Å². The van der Waals surface area contributed by atoms with Crippen LogP contribution in [-0.2, 0) is 9.84 Å². The number of hydrogen-bond donors (Lipinski definition) is 1. The molecule has 0 aliphatic heterocycles. The second-order valence-corrected chi connectivity index (χ2v) is 5.01. The quantitative estimate of drug-likeness (QED) is 0.862. The van der Waals surface area contributed by atoms with E-state index in [0.29, 0.717) is 5.02 Å². The molecule has 0 aromatic carbocycles. The molecule has 78 valence electrons. The highest BCUT2D eigenvalue weighted by molar-refractivity contribution is 7.91. The molecule has 2 rings (SSSR count). The lowest BCUT2D eigenvalue weighted by Gasteiger charge is -1.98. The maximum atomic E-state index is 11.8. The van der Waals surface area contributed by atoms with Crippen LogP contribution in [0.2, 0.25) is 5.02 Å². The van der Waals surface area contributed by atoms with Crippen LogP contribution in [0.25, 0.3) is 0 Å². The summed E-state index contributed by atoms with van der Waals surface area (Å²) in [4.78, 5) is 3.73. The molecule has 1 N–H and O–H groups in total. The number of aromatic amines is 1. The molecule has 0 saturated heterocycles. The minimum absolute atomic E-state index is 0.0580. The molecule has 0 radical (unpaired) electrons. The van der Waals surface area contributed by atoms with Gasteiger partial charge in [0.05, 0.1) is 5.02 Å². The third kappa shape index (κ3) is 1.86. The van der Waals surface area contributed by atoms with Gasteiger partial charge in [-0.15, -0.1) is 0 Å². The average Bonchev–Trinajstić information content (AvgIpc) is 2.71. The van der Waals surface area contributed by atoms with Gasteiger partial charge in [0.1, 0.15) is 0 Å². The molecule has 0 amide bonds. The summed E-state index contributed by atoms with van der Waals surface area (Å²) in [5.74, 6) is 0. The molecule has 0 atom stereocenters.